The Labute approximate surface area is 140 Å². The third-order valence-corrected chi connectivity index (χ3v) is 4.92. The number of thiophene rings is 1. The predicted molar refractivity (Wildman–Crippen MR) is 89.1 cm³/mol. The molecule has 2 aromatic heterocycles. The van der Waals surface area contributed by atoms with Crippen molar-refractivity contribution in [3.05, 3.63) is 63.5 Å². The summed E-state index contributed by atoms with van der Waals surface area (Å²) in [5.41, 5.74) is 1.41. The second-order valence-electron chi connectivity index (χ2n) is 4.82. The minimum absolute atomic E-state index is 0.00791. The summed E-state index contributed by atoms with van der Waals surface area (Å²) < 4.78 is 13.1. The van der Waals surface area contributed by atoms with Crippen LogP contribution in [-0.2, 0) is 0 Å². The zero-order valence-corrected chi connectivity index (χ0v) is 13.5. The van der Waals surface area contributed by atoms with Gasteiger partial charge in [0.15, 0.2) is 0 Å². The van der Waals surface area contributed by atoms with Gasteiger partial charge >= 0.3 is 0 Å². The molecule has 0 aliphatic rings. The van der Waals surface area contributed by atoms with E-state index in [1.165, 1.54) is 35.7 Å². The highest BCUT2D eigenvalue weighted by atomic mass is 32.1. The zero-order valence-electron chi connectivity index (χ0n) is 11.9. The number of nitrogens with one attached hydrogen (secondary N) is 1. The van der Waals surface area contributed by atoms with Crippen LogP contribution in [0.3, 0.4) is 0 Å². The fourth-order valence-corrected chi connectivity index (χ4v) is 3.55. The first kappa shape index (κ1) is 15.8. The molecule has 0 fully saturated rings. The highest BCUT2D eigenvalue weighted by molar-refractivity contribution is 7.17. The Bertz CT molecular complexity index is 802. The van der Waals surface area contributed by atoms with Gasteiger partial charge in [0.2, 0.25) is 0 Å². The monoisotopic (exact) mass is 348 g/mol. The number of nitrogens with zero attached hydrogens (tertiary/aromatic N) is 1. The first-order valence-electron chi connectivity index (χ1n) is 6.83. The number of aliphatic hydroxyl groups is 1. The summed E-state index contributed by atoms with van der Waals surface area (Å²) in [7, 11) is 0. The van der Waals surface area contributed by atoms with E-state index in [2.05, 4.69) is 10.3 Å². The molecule has 3 aromatic rings. The average Bonchev–Trinajstić information content (AvgIpc) is 3.22. The van der Waals surface area contributed by atoms with Crippen molar-refractivity contribution in [2.45, 2.75) is 6.10 Å². The number of aromatic nitrogens is 1. The maximum absolute atomic E-state index is 13.1. The lowest BCUT2D eigenvalue weighted by Gasteiger charge is -2.11. The number of carbonyl (C=O) groups excluding carboxylic acids is 1. The van der Waals surface area contributed by atoms with Gasteiger partial charge in [-0.15, -0.1) is 11.3 Å². The summed E-state index contributed by atoms with van der Waals surface area (Å²) in [5, 5.41) is 17.3. The predicted octanol–water partition coefficient (Wildman–Crippen LogP) is 3.47. The molecular formula is C16H13FN2O2S2. The number of rotatable bonds is 5. The summed E-state index contributed by atoms with van der Waals surface area (Å²) >= 11 is 2.86. The van der Waals surface area contributed by atoms with Crippen molar-refractivity contribution in [1.82, 2.24) is 10.3 Å². The van der Waals surface area contributed by atoms with Crippen LogP contribution in [0.15, 0.2) is 47.3 Å². The molecule has 0 aliphatic carbocycles. The van der Waals surface area contributed by atoms with Gasteiger partial charge in [-0.2, -0.15) is 11.3 Å². The van der Waals surface area contributed by atoms with E-state index in [1.807, 2.05) is 16.8 Å². The van der Waals surface area contributed by atoms with Gasteiger partial charge in [-0.3, -0.25) is 4.79 Å². The standard InChI is InChI=1S/C16H13FN2O2S2/c17-12-3-1-2-10(6-12)13(20)7-18-15(21)14-8-19-16(23-14)11-4-5-22-9-11/h1-6,8-9,13,20H,7H2,(H,18,21)/t13-/m0/s1. The number of halogens is 1. The summed E-state index contributed by atoms with van der Waals surface area (Å²) in [6.45, 7) is 0.00791. The molecule has 0 aliphatic heterocycles. The highest BCUT2D eigenvalue weighted by Gasteiger charge is 2.14. The zero-order chi connectivity index (χ0) is 16.2. The first-order chi connectivity index (χ1) is 11.1. The largest absolute Gasteiger partial charge is 0.387 e. The lowest BCUT2D eigenvalue weighted by molar-refractivity contribution is 0.0920. The fraction of sp³-hybridized carbons (Fsp3) is 0.125. The van der Waals surface area contributed by atoms with Crippen LogP contribution in [0.1, 0.15) is 21.3 Å². The first-order valence-corrected chi connectivity index (χ1v) is 8.59. The van der Waals surface area contributed by atoms with Gasteiger partial charge in [0, 0.05) is 17.5 Å². The molecule has 1 atom stereocenters. The van der Waals surface area contributed by atoms with Gasteiger partial charge in [-0.05, 0) is 29.1 Å². The molecule has 0 spiro atoms. The molecule has 7 heteroatoms. The molecule has 0 radical (unpaired) electrons. The Morgan fingerprint density at radius 1 is 1.39 bits per heavy atom. The molecule has 1 aromatic carbocycles. The van der Waals surface area contributed by atoms with E-state index >= 15 is 0 Å². The van der Waals surface area contributed by atoms with E-state index in [0.717, 1.165) is 10.6 Å². The van der Waals surface area contributed by atoms with E-state index in [4.69, 9.17) is 0 Å². The van der Waals surface area contributed by atoms with Crippen LogP contribution in [-0.4, -0.2) is 22.5 Å². The van der Waals surface area contributed by atoms with E-state index in [-0.39, 0.29) is 12.5 Å². The van der Waals surface area contributed by atoms with Crippen LogP contribution in [0.4, 0.5) is 4.39 Å². The topological polar surface area (TPSA) is 62.2 Å². The van der Waals surface area contributed by atoms with Gasteiger partial charge in [0.25, 0.3) is 5.91 Å². The van der Waals surface area contributed by atoms with Crippen molar-refractivity contribution in [2.75, 3.05) is 6.54 Å². The third-order valence-electron chi connectivity index (χ3n) is 3.19. The SMILES string of the molecule is O=C(NC[C@H](O)c1cccc(F)c1)c1cnc(-c2ccsc2)s1. The van der Waals surface area contributed by atoms with Crippen molar-refractivity contribution in [3.8, 4) is 10.6 Å². The maximum atomic E-state index is 13.1. The summed E-state index contributed by atoms with van der Waals surface area (Å²) in [5.74, 6) is -0.727. The Kier molecular flexibility index (Phi) is 4.80. The number of hydrogen-bond donors (Lipinski definition) is 2. The van der Waals surface area contributed by atoms with Gasteiger partial charge in [-0.25, -0.2) is 9.37 Å². The number of hydrogen-bond acceptors (Lipinski definition) is 5. The second-order valence-corrected chi connectivity index (χ2v) is 6.63. The van der Waals surface area contributed by atoms with E-state index < -0.39 is 11.9 Å². The molecule has 23 heavy (non-hydrogen) atoms. The summed E-state index contributed by atoms with van der Waals surface area (Å²) in [4.78, 5) is 16.8. The minimum atomic E-state index is -0.959. The number of benzene rings is 1. The molecular weight excluding hydrogens is 335 g/mol. The van der Waals surface area contributed by atoms with Crippen molar-refractivity contribution in [1.29, 1.82) is 0 Å². The molecule has 4 nitrogen and oxygen atoms in total. The van der Waals surface area contributed by atoms with Crippen LogP contribution >= 0.6 is 22.7 Å². The van der Waals surface area contributed by atoms with Crippen LogP contribution in [0.5, 0.6) is 0 Å². The summed E-state index contributed by atoms with van der Waals surface area (Å²) in [6.07, 6.45) is 0.556. The number of amides is 1. The van der Waals surface area contributed by atoms with E-state index in [1.54, 1.807) is 17.4 Å². The Balaban J connectivity index is 1.61. The van der Waals surface area contributed by atoms with Crippen molar-refractivity contribution < 1.29 is 14.3 Å². The van der Waals surface area contributed by atoms with Crippen LogP contribution < -0.4 is 5.32 Å². The quantitative estimate of drug-likeness (QED) is 0.742. The van der Waals surface area contributed by atoms with Gasteiger partial charge in [-0.1, -0.05) is 12.1 Å². The van der Waals surface area contributed by atoms with E-state index in [0.29, 0.717) is 10.4 Å². The third kappa shape index (κ3) is 3.82. The van der Waals surface area contributed by atoms with Crippen LogP contribution in [0.25, 0.3) is 10.6 Å². The number of thiazole rings is 1. The van der Waals surface area contributed by atoms with E-state index in [9.17, 15) is 14.3 Å². The van der Waals surface area contributed by atoms with Crippen LogP contribution in [0.2, 0.25) is 0 Å². The molecule has 0 saturated heterocycles. The minimum Gasteiger partial charge on any atom is -0.387 e. The highest BCUT2D eigenvalue weighted by Crippen LogP contribution is 2.26. The fourth-order valence-electron chi connectivity index (χ4n) is 2.01. The van der Waals surface area contributed by atoms with Crippen molar-refractivity contribution >= 4 is 28.6 Å². The molecule has 118 valence electrons. The van der Waals surface area contributed by atoms with Crippen molar-refractivity contribution in [2.24, 2.45) is 0 Å². The van der Waals surface area contributed by atoms with Gasteiger partial charge in [0.1, 0.15) is 15.7 Å². The number of carbonyl (C=O) groups is 1. The number of aliphatic hydroxyl groups excluding tert-OH is 1. The lowest BCUT2D eigenvalue weighted by Crippen LogP contribution is -2.27. The molecule has 2 N–H and O–H groups in total. The lowest BCUT2D eigenvalue weighted by atomic mass is 10.1. The molecule has 0 unspecified atom stereocenters. The molecule has 3 rings (SSSR count). The second kappa shape index (κ2) is 6.99. The Morgan fingerprint density at radius 2 is 2.26 bits per heavy atom. The van der Waals surface area contributed by atoms with Crippen molar-refractivity contribution in [3.63, 3.8) is 0 Å². The smallest absolute Gasteiger partial charge is 0.263 e. The molecule has 1 amide bonds. The Morgan fingerprint density at radius 3 is 3.00 bits per heavy atom. The molecule has 0 saturated carbocycles. The normalized spacial score (nSPS) is 12.1. The Hall–Kier alpha value is -2.09. The maximum Gasteiger partial charge on any atom is 0.263 e. The average molecular weight is 348 g/mol. The molecule has 0 bridgehead atoms. The van der Waals surface area contributed by atoms with Crippen LogP contribution in [0, 0.1) is 5.82 Å². The van der Waals surface area contributed by atoms with Gasteiger partial charge in [0.05, 0.1) is 12.3 Å². The summed E-state index contributed by atoms with van der Waals surface area (Å²) in [6, 6.07) is 7.63. The van der Waals surface area contributed by atoms with Gasteiger partial charge < -0.3 is 10.4 Å². The molecule has 2 heterocycles.